The van der Waals surface area contributed by atoms with Crippen molar-refractivity contribution in [3.8, 4) is 0 Å². The topological polar surface area (TPSA) is 66.4 Å². The summed E-state index contributed by atoms with van der Waals surface area (Å²) in [5.74, 6) is -1.97. The van der Waals surface area contributed by atoms with E-state index in [-0.39, 0.29) is 6.42 Å². The molecule has 0 saturated carbocycles. The van der Waals surface area contributed by atoms with Crippen LogP contribution in [0.2, 0.25) is 0 Å². The first-order valence-electron chi connectivity index (χ1n) is 4.75. The minimum absolute atomic E-state index is 0.0324. The molecule has 1 amide bonds. The first kappa shape index (κ1) is 12.2. The number of hydrogen-bond donors (Lipinski definition) is 2. The van der Waals surface area contributed by atoms with Gasteiger partial charge in [0.25, 0.3) is 0 Å². The van der Waals surface area contributed by atoms with E-state index in [4.69, 9.17) is 5.11 Å². The van der Waals surface area contributed by atoms with Crippen molar-refractivity contribution in [2.45, 2.75) is 19.4 Å². The smallest absolute Gasteiger partial charge is 0.325 e. The zero-order chi connectivity index (χ0) is 12.1. The lowest BCUT2D eigenvalue weighted by atomic mass is 10.1. The fraction of sp³-hybridized carbons (Fsp3) is 0.273. The van der Waals surface area contributed by atoms with Crippen LogP contribution in [0.15, 0.2) is 24.3 Å². The zero-order valence-corrected chi connectivity index (χ0v) is 8.74. The van der Waals surface area contributed by atoms with Crippen molar-refractivity contribution in [3.05, 3.63) is 35.6 Å². The number of nitrogens with one attached hydrogen (secondary N) is 1. The summed E-state index contributed by atoms with van der Waals surface area (Å²) in [7, 11) is 0. The van der Waals surface area contributed by atoms with Crippen molar-refractivity contribution in [2.24, 2.45) is 0 Å². The first-order valence-corrected chi connectivity index (χ1v) is 4.75. The fourth-order valence-electron chi connectivity index (χ4n) is 1.19. The van der Waals surface area contributed by atoms with Crippen LogP contribution < -0.4 is 5.32 Å². The highest BCUT2D eigenvalue weighted by molar-refractivity contribution is 5.84. The second kappa shape index (κ2) is 5.25. The van der Waals surface area contributed by atoms with E-state index >= 15 is 0 Å². The molecule has 0 unspecified atom stereocenters. The van der Waals surface area contributed by atoms with E-state index in [1.165, 1.54) is 25.1 Å². The summed E-state index contributed by atoms with van der Waals surface area (Å²) in [6, 6.07) is 4.68. The maximum Gasteiger partial charge on any atom is 0.325 e. The average Bonchev–Trinajstić information content (AvgIpc) is 2.16. The molecule has 0 fully saturated rings. The SMILES string of the molecule is C[C@H](NC(=O)Cc1cccc(F)c1)C(=O)O. The van der Waals surface area contributed by atoms with Gasteiger partial charge in [0, 0.05) is 0 Å². The highest BCUT2D eigenvalue weighted by Gasteiger charge is 2.13. The highest BCUT2D eigenvalue weighted by Crippen LogP contribution is 2.04. The molecule has 1 rings (SSSR count). The molecule has 4 nitrogen and oxygen atoms in total. The lowest BCUT2D eigenvalue weighted by Gasteiger charge is -2.08. The molecule has 16 heavy (non-hydrogen) atoms. The number of halogens is 1. The summed E-state index contributed by atoms with van der Waals surface area (Å²) in [4.78, 5) is 21.8. The summed E-state index contributed by atoms with van der Waals surface area (Å²) in [5.41, 5.74) is 0.509. The molecule has 0 aliphatic rings. The van der Waals surface area contributed by atoms with E-state index in [9.17, 15) is 14.0 Å². The van der Waals surface area contributed by atoms with Gasteiger partial charge in [-0.3, -0.25) is 9.59 Å². The molecule has 0 aliphatic carbocycles. The van der Waals surface area contributed by atoms with Gasteiger partial charge in [-0.05, 0) is 24.6 Å². The third kappa shape index (κ3) is 3.68. The monoisotopic (exact) mass is 225 g/mol. The summed E-state index contributed by atoms with van der Waals surface area (Å²) in [5, 5.41) is 10.9. The van der Waals surface area contributed by atoms with E-state index in [1.54, 1.807) is 6.07 Å². The normalized spacial score (nSPS) is 11.9. The van der Waals surface area contributed by atoms with Gasteiger partial charge in [-0.1, -0.05) is 12.1 Å². The number of hydrogen-bond acceptors (Lipinski definition) is 2. The lowest BCUT2D eigenvalue weighted by Crippen LogP contribution is -2.39. The van der Waals surface area contributed by atoms with Crippen molar-refractivity contribution in [1.82, 2.24) is 5.32 Å². The molecule has 0 saturated heterocycles. The lowest BCUT2D eigenvalue weighted by molar-refractivity contribution is -0.141. The van der Waals surface area contributed by atoms with Gasteiger partial charge in [0.05, 0.1) is 6.42 Å². The van der Waals surface area contributed by atoms with Crippen molar-refractivity contribution >= 4 is 11.9 Å². The maximum atomic E-state index is 12.8. The molecule has 2 N–H and O–H groups in total. The molecule has 1 atom stereocenters. The second-order valence-electron chi connectivity index (χ2n) is 3.43. The van der Waals surface area contributed by atoms with Crippen molar-refractivity contribution in [1.29, 1.82) is 0 Å². The third-order valence-corrected chi connectivity index (χ3v) is 2.00. The number of benzene rings is 1. The molecule has 0 bridgehead atoms. The molecular formula is C11H12FNO3. The van der Waals surface area contributed by atoms with Crippen molar-refractivity contribution in [2.75, 3.05) is 0 Å². The largest absolute Gasteiger partial charge is 0.480 e. The number of carbonyl (C=O) groups excluding carboxylic acids is 1. The number of carboxylic acids is 1. The molecule has 5 heteroatoms. The van der Waals surface area contributed by atoms with Gasteiger partial charge >= 0.3 is 5.97 Å². The Balaban J connectivity index is 2.55. The maximum absolute atomic E-state index is 12.8. The molecule has 0 radical (unpaired) electrons. The van der Waals surface area contributed by atoms with Gasteiger partial charge in [-0.15, -0.1) is 0 Å². The predicted octanol–water partition coefficient (Wildman–Crippen LogP) is 0.957. The Morgan fingerprint density at radius 2 is 2.19 bits per heavy atom. The van der Waals surface area contributed by atoms with Crippen LogP contribution in [0.4, 0.5) is 4.39 Å². The predicted molar refractivity (Wildman–Crippen MR) is 55.3 cm³/mol. The minimum atomic E-state index is -1.10. The Morgan fingerprint density at radius 3 is 2.75 bits per heavy atom. The van der Waals surface area contributed by atoms with Gasteiger partial charge in [-0.2, -0.15) is 0 Å². The summed E-state index contributed by atoms with van der Waals surface area (Å²) >= 11 is 0. The van der Waals surface area contributed by atoms with Gasteiger partial charge in [0.15, 0.2) is 0 Å². The molecule has 0 aliphatic heterocycles. The Hall–Kier alpha value is -1.91. The Bertz CT molecular complexity index is 406. The molecule has 0 heterocycles. The number of carboxylic acid groups (broad SMARTS) is 1. The molecular weight excluding hydrogens is 213 g/mol. The Labute approximate surface area is 92.1 Å². The quantitative estimate of drug-likeness (QED) is 0.802. The van der Waals surface area contributed by atoms with Crippen LogP contribution in [-0.2, 0) is 16.0 Å². The van der Waals surface area contributed by atoms with Crippen LogP contribution >= 0.6 is 0 Å². The van der Waals surface area contributed by atoms with E-state index in [0.717, 1.165) is 0 Å². The Kier molecular flexibility index (Phi) is 3.99. The Morgan fingerprint density at radius 1 is 1.50 bits per heavy atom. The van der Waals surface area contributed by atoms with Gasteiger partial charge < -0.3 is 10.4 Å². The van der Waals surface area contributed by atoms with Crippen LogP contribution in [0.1, 0.15) is 12.5 Å². The second-order valence-corrected chi connectivity index (χ2v) is 3.43. The van der Waals surface area contributed by atoms with Crippen LogP contribution in [0.5, 0.6) is 0 Å². The van der Waals surface area contributed by atoms with E-state index in [1.807, 2.05) is 0 Å². The van der Waals surface area contributed by atoms with Crippen molar-refractivity contribution < 1.29 is 19.1 Å². The molecule has 1 aromatic rings. The van der Waals surface area contributed by atoms with Crippen LogP contribution in [-0.4, -0.2) is 23.0 Å². The van der Waals surface area contributed by atoms with Gasteiger partial charge in [-0.25, -0.2) is 4.39 Å². The molecule has 1 aromatic carbocycles. The van der Waals surface area contributed by atoms with Crippen LogP contribution in [0.25, 0.3) is 0 Å². The average molecular weight is 225 g/mol. The number of rotatable bonds is 4. The van der Waals surface area contributed by atoms with E-state index in [2.05, 4.69) is 5.32 Å². The van der Waals surface area contributed by atoms with Crippen molar-refractivity contribution in [3.63, 3.8) is 0 Å². The molecule has 86 valence electrons. The van der Waals surface area contributed by atoms with Gasteiger partial charge in [0.1, 0.15) is 11.9 Å². The van der Waals surface area contributed by atoms with Crippen LogP contribution in [0.3, 0.4) is 0 Å². The summed E-state index contributed by atoms with van der Waals surface area (Å²) in [6.45, 7) is 1.37. The summed E-state index contributed by atoms with van der Waals surface area (Å²) in [6.07, 6.45) is -0.0324. The van der Waals surface area contributed by atoms with E-state index in [0.29, 0.717) is 5.56 Å². The number of aliphatic carboxylic acids is 1. The zero-order valence-electron chi connectivity index (χ0n) is 8.74. The molecule has 0 aromatic heterocycles. The number of carbonyl (C=O) groups is 2. The molecule has 0 spiro atoms. The highest BCUT2D eigenvalue weighted by atomic mass is 19.1. The standard InChI is InChI=1S/C11H12FNO3/c1-7(11(15)16)13-10(14)6-8-3-2-4-9(12)5-8/h2-5,7H,6H2,1H3,(H,13,14)(H,15,16)/t7-/m0/s1. The number of amides is 1. The first-order chi connectivity index (χ1) is 7.49. The summed E-state index contributed by atoms with van der Waals surface area (Å²) < 4.78 is 12.8. The van der Waals surface area contributed by atoms with Gasteiger partial charge in [0.2, 0.25) is 5.91 Å². The van der Waals surface area contributed by atoms with Crippen LogP contribution in [0, 0.1) is 5.82 Å². The van der Waals surface area contributed by atoms with E-state index < -0.39 is 23.7 Å². The third-order valence-electron chi connectivity index (χ3n) is 2.00. The fourth-order valence-corrected chi connectivity index (χ4v) is 1.19. The minimum Gasteiger partial charge on any atom is -0.480 e.